The van der Waals surface area contributed by atoms with E-state index in [1.165, 1.54) is 19.2 Å². The number of nitrogens with one attached hydrogen (secondary N) is 1. The summed E-state index contributed by atoms with van der Waals surface area (Å²) in [5.74, 6) is 1.39. The first-order valence-corrected chi connectivity index (χ1v) is 10.4. The molecule has 0 saturated carbocycles. The number of ether oxygens (including phenoxy) is 2. The molecule has 2 heterocycles. The Balaban J connectivity index is 1.45. The third kappa shape index (κ3) is 4.37. The summed E-state index contributed by atoms with van der Waals surface area (Å²) in [4.78, 5) is 27.1. The van der Waals surface area contributed by atoms with Gasteiger partial charge in [-0.1, -0.05) is 12.1 Å². The van der Waals surface area contributed by atoms with Crippen molar-refractivity contribution in [2.45, 2.75) is 25.3 Å². The van der Waals surface area contributed by atoms with Crippen LogP contribution in [0.4, 0.5) is 4.39 Å². The molecule has 1 aliphatic rings. The number of amides is 1. The van der Waals surface area contributed by atoms with Crippen LogP contribution in [0.2, 0.25) is 0 Å². The molecule has 3 aromatic rings. The fourth-order valence-electron chi connectivity index (χ4n) is 4.06. The maximum atomic E-state index is 13.2. The van der Waals surface area contributed by atoms with Crippen molar-refractivity contribution < 1.29 is 18.7 Å². The lowest BCUT2D eigenvalue weighted by molar-refractivity contribution is 0.0710. The van der Waals surface area contributed by atoms with E-state index in [0.717, 1.165) is 5.56 Å². The van der Waals surface area contributed by atoms with Crippen LogP contribution in [0.15, 0.2) is 47.3 Å². The number of benzene rings is 2. The van der Waals surface area contributed by atoms with Gasteiger partial charge >= 0.3 is 5.69 Å². The monoisotopic (exact) mass is 440 g/mol. The molecule has 0 aliphatic carbocycles. The Morgan fingerprint density at radius 1 is 1.09 bits per heavy atom. The van der Waals surface area contributed by atoms with Gasteiger partial charge in [0.25, 0.3) is 5.91 Å². The van der Waals surface area contributed by atoms with Gasteiger partial charge in [-0.15, -0.1) is 0 Å². The van der Waals surface area contributed by atoms with Gasteiger partial charge in [-0.05, 0) is 48.7 Å². The van der Waals surface area contributed by atoms with Crippen LogP contribution in [0.3, 0.4) is 0 Å². The first-order valence-electron chi connectivity index (χ1n) is 10.4. The van der Waals surface area contributed by atoms with Gasteiger partial charge in [-0.2, -0.15) is 5.10 Å². The predicted octanol–water partition coefficient (Wildman–Crippen LogP) is 2.80. The van der Waals surface area contributed by atoms with Crippen molar-refractivity contribution >= 4 is 5.91 Å². The smallest absolute Gasteiger partial charge is 0.343 e. The molecular formula is C23H25FN4O4. The zero-order valence-corrected chi connectivity index (χ0v) is 18.0. The summed E-state index contributed by atoms with van der Waals surface area (Å²) in [5.41, 5.74) is 1.06. The fraction of sp³-hybridized carbons (Fsp3) is 0.348. The summed E-state index contributed by atoms with van der Waals surface area (Å²) in [7, 11) is 3.09. The number of aromatic nitrogens is 3. The Morgan fingerprint density at radius 2 is 1.78 bits per heavy atom. The highest BCUT2D eigenvalue weighted by Crippen LogP contribution is 2.30. The van der Waals surface area contributed by atoms with E-state index in [1.54, 1.807) is 46.9 Å². The molecular weight excluding hydrogens is 415 g/mol. The number of halogens is 1. The third-order valence-electron chi connectivity index (χ3n) is 5.82. The SMILES string of the molecule is COc1ccc(C(=O)N2CCC(c3n[nH]c(=O)n3Cc3ccc(F)cc3)CC2)cc1OC. The summed E-state index contributed by atoms with van der Waals surface area (Å²) >= 11 is 0. The third-order valence-corrected chi connectivity index (χ3v) is 5.82. The highest BCUT2D eigenvalue weighted by Gasteiger charge is 2.28. The van der Waals surface area contributed by atoms with Gasteiger partial charge in [0.2, 0.25) is 0 Å². The molecule has 1 N–H and O–H groups in total. The second-order valence-corrected chi connectivity index (χ2v) is 7.74. The Bertz CT molecular complexity index is 1150. The van der Waals surface area contributed by atoms with Crippen molar-refractivity contribution in [3.63, 3.8) is 0 Å². The lowest BCUT2D eigenvalue weighted by Gasteiger charge is -2.31. The van der Waals surface area contributed by atoms with Crippen LogP contribution < -0.4 is 15.2 Å². The maximum Gasteiger partial charge on any atom is 0.343 e. The molecule has 8 nitrogen and oxygen atoms in total. The predicted molar refractivity (Wildman–Crippen MR) is 116 cm³/mol. The molecule has 2 aromatic carbocycles. The van der Waals surface area contributed by atoms with Crippen molar-refractivity contribution in [3.8, 4) is 11.5 Å². The van der Waals surface area contributed by atoms with E-state index in [-0.39, 0.29) is 23.3 Å². The molecule has 1 aliphatic heterocycles. The van der Waals surface area contributed by atoms with Crippen LogP contribution in [0.1, 0.15) is 40.5 Å². The zero-order valence-electron chi connectivity index (χ0n) is 18.0. The molecule has 1 saturated heterocycles. The molecule has 1 aromatic heterocycles. The molecule has 0 radical (unpaired) electrons. The standard InChI is InChI=1S/C23H25FN4O4/c1-31-19-8-5-17(13-20(19)32-2)22(29)27-11-9-16(10-12-27)21-25-26-23(30)28(21)14-15-3-6-18(24)7-4-15/h3-8,13,16H,9-12,14H2,1-2H3,(H,26,30). The summed E-state index contributed by atoms with van der Waals surface area (Å²) in [6, 6.07) is 11.2. The molecule has 32 heavy (non-hydrogen) atoms. The Morgan fingerprint density at radius 3 is 2.44 bits per heavy atom. The minimum atomic E-state index is -0.319. The second-order valence-electron chi connectivity index (χ2n) is 7.74. The minimum Gasteiger partial charge on any atom is -0.493 e. The molecule has 4 rings (SSSR count). The summed E-state index contributed by atoms with van der Waals surface area (Å²) < 4.78 is 25.3. The zero-order chi connectivity index (χ0) is 22.7. The van der Waals surface area contributed by atoms with Gasteiger partial charge in [-0.25, -0.2) is 14.3 Å². The molecule has 1 amide bonds. The van der Waals surface area contributed by atoms with Crippen molar-refractivity contribution in [3.05, 3.63) is 75.7 Å². The summed E-state index contributed by atoms with van der Waals surface area (Å²) in [6.45, 7) is 1.42. The van der Waals surface area contributed by atoms with Crippen LogP contribution in [-0.4, -0.2) is 52.9 Å². The van der Waals surface area contributed by atoms with Gasteiger partial charge in [0, 0.05) is 24.6 Å². The molecule has 0 spiro atoms. The number of likely N-dealkylation sites (tertiary alicyclic amines) is 1. The lowest BCUT2D eigenvalue weighted by Crippen LogP contribution is -2.38. The van der Waals surface area contributed by atoms with E-state index in [1.807, 2.05) is 0 Å². The second kappa shape index (κ2) is 9.25. The molecule has 0 atom stereocenters. The molecule has 0 bridgehead atoms. The maximum absolute atomic E-state index is 13.2. The van der Waals surface area contributed by atoms with E-state index in [9.17, 15) is 14.0 Å². The number of piperidine rings is 1. The van der Waals surface area contributed by atoms with Crippen molar-refractivity contribution in [2.24, 2.45) is 0 Å². The highest BCUT2D eigenvalue weighted by molar-refractivity contribution is 5.95. The van der Waals surface area contributed by atoms with E-state index >= 15 is 0 Å². The summed E-state index contributed by atoms with van der Waals surface area (Å²) in [6.07, 6.45) is 1.37. The summed E-state index contributed by atoms with van der Waals surface area (Å²) in [5, 5.41) is 6.77. The average Bonchev–Trinajstić information content (AvgIpc) is 3.19. The van der Waals surface area contributed by atoms with E-state index < -0.39 is 0 Å². The van der Waals surface area contributed by atoms with Crippen molar-refractivity contribution in [1.29, 1.82) is 0 Å². The van der Waals surface area contributed by atoms with Crippen molar-refractivity contribution in [2.75, 3.05) is 27.3 Å². The number of carbonyl (C=O) groups is 1. The van der Waals surface area contributed by atoms with Crippen LogP contribution in [0.5, 0.6) is 11.5 Å². The van der Waals surface area contributed by atoms with Gasteiger partial charge in [0.1, 0.15) is 11.6 Å². The van der Waals surface area contributed by atoms with Crippen molar-refractivity contribution in [1.82, 2.24) is 19.7 Å². The average molecular weight is 440 g/mol. The first kappa shape index (κ1) is 21.6. The molecule has 168 valence electrons. The van der Waals surface area contributed by atoms with E-state index in [2.05, 4.69) is 10.2 Å². The number of methoxy groups -OCH3 is 2. The van der Waals surface area contributed by atoms with E-state index in [4.69, 9.17) is 9.47 Å². The van der Waals surface area contributed by atoms with Crippen LogP contribution >= 0.6 is 0 Å². The molecule has 1 fully saturated rings. The minimum absolute atomic E-state index is 0.0452. The Hall–Kier alpha value is -3.62. The van der Waals surface area contributed by atoms with Gasteiger partial charge in [0.05, 0.1) is 20.8 Å². The van der Waals surface area contributed by atoms with E-state index in [0.29, 0.717) is 55.4 Å². The number of rotatable bonds is 6. The number of carbonyl (C=O) groups excluding carboxylic acids is 1. The number of aromatic amines is 1. The first-order chi connectivity index (χ1) is 15.5. The number of hydrogen-bond acceptors (Lipinski definition) is 5. The number of H-pyrrole nitrogens is 1. The molecule has 0 unspecified atom stereocenters. The number of nitrogens with zero attached hydrogens (tertiary/aromatic N) is 3. The lowest BCUT2D eigenvalue weighted by atomic mass is 9.95. The Labute approximate surface area is 184 Å². The molecule has 9 heteroatoms. The normalized spacial score (nSPS) is 14.4. The fourth-order valence-corrected chi connectivity index (χ4v) is 4.06. The largest absolute Gasteiger partial charge is 0.493 e. The highest BCUT2D eigenvalue weighted by atomic mass is 19.1. The van der Waals surface area contributed by atoms with Gasteiger partial charge in [0.15, 0.2) is 11.5 Å². The quantitative estimate of drug-likeness (QED) is 0.637. The van der Waals surface area contributed by atoms with Crippen LogP contribution in [-0.2, 0) is 6.54 Å². The van der Waals surface area contributed by atoms with Crippen LogP contribution in [0, 0.1) is 5.82 Å². The van der Waals surface area contributed by atoms with Gasteiger partial charge < -0.3 is 14.4 Å². The topological polar surface area (TPSA) is 89.5 Å². The van der Waals surface area contributed by atoms with Gasteiger partial charge in [-0.3, -0.25) is 9.36 Å². The number of hydrogen-bond donors (Lipinski definition) is 1. The Kier molecular flexibility index (Phi) is 6.25. The van der Waals surface area contributed by atoms with Crippen LogP contribution in [0.25, 0.3) is 0 Å².